The molecule has 2 heteroatoms. The highest BCUT2D eigenvalue weighted by atomic mass is 16.1. The molecule has 0 aliphatic heterocycles. The summed E-state index contributed by atoms with van der Waals surface area (Å²) in [5.41, 5.74) is 1.86. The molecule has 2 aromatic rings. The van der Waals surface area contributed by atoms with Gasteiger partial charge in [0.15, 0.2) is 0 Å². The van der Waals surface area contributed by atoms with Gasteiger partial charge in [-0.3, -0.25) is 4.98 Å². The average molecular weight is 183 g/mol. The van der Waals surface area contributed by atoms with E-state index in [9.17, 15) is 4.79 Å². The van der Waals surface area contributed by atoms with Gasteiger partial charge < -0.3 is 0 Å². The van der Waals surface area contributed by atoms with E-state index in [2.05, 4.69) is 4.98 Å². The summed E-state index contributed by atoms with van der Waals surface area (Å²) < 4.78 is 0. The maximum absolute atomic E-state index is 10.0. The number of carbonyl (C=O) groups excluding carboxylic acids is 1. The standard InChI is InChI=1S/C12H9NO/c14-9-3-5-11-8-7-10-4-1-2-6-12(10)13-11/h1-4,6-8H,5H2. The minimum absolute atomic E-state index is 0.550. The Bertz CT molecular complexity index is 498. The second-order valence-electron chi connectivity index (χ2n) is 3.02. The van der Waals surface area contributed by atoms with Gasteiger partial charge in [-0.05, 0) is 12.1 Å². The summed E-state index contributed by atoms with van der Waals surface area (Å²) in [6.07, 6.45) is 1.99. The van der Waals surface area contributed by atoms with Crippen molar-refractivity contribution in [2.75, 3.05) is 0 Å². The van der Waals surface area contributed by atoms with E-state index in [4.69, 9.17) is 0 Å². The summed E-state index contributed by atoms with van der Waals surface area (Å²) in [5.74, 6) is 1.75. The third-order valence-corrected chi connectivity index (χ3v) is 2.05. The lowest BCUT2D eigenvalue weighted by Gasteiger charge is -1.98. The largest absolute Gasteiger partial charge is 0.252 e. The lowest BCUT2D eigenvalue weighted by molar-refractivity contribution is 0.568. The Morgan fingerprint density at radius 3 is 2.93 bits per heavy atom. The van der Waals surface area contributed by atoms with E-state index >= 15 is 0 Å². The maximum atomic E-state index is 10.0. The average Bonchev–Trinajstić information content (AvgIpc) is 2.26. The smallest absolute Gasteiger partial charge is 0.120 e. The number of benzene rings is 1. The van der Waals surface area contributed by atoms with Gasteiger partial charge in [0.1, 0.15) is 5.94 Å². The van der Waals surface area contributed by atoms with Crippen LogP contribution in [0.5, 0.6) is 0 Å². The highest BCUT2D eigenvalue weighted by molar-refractivity contribution is 5.78. The van der Waals surface area contributed by atoms with Gasteiger partial charge in [0.05, 0.1) is 5.52 Å². The minimum Gasteiger partial charge on any atom is -0.252 e. The fraction of sp³-hybridized carbons (Fsp3) is 0.0833. The van der Waals surface area contributed by atoms with Crippen LogP contribution in [0.2, 0.25) is 0 Å². The van der Waals surface area contributed by atoms with E-state index in [0.29, 0.717) is 6.42 Å². The molecular formula is C12H9NO. The summed E-state index contributed by atoms with van der Waals surface area (Å²) in [6.45, 7) is 0. The topological polar surface area (TPSA) is 30.0 Å². The van der Waals surface area contributed by atoms with Crippen LogP contribution in [0.4, 0.5) is 0 Å². The van der Waals surface area contributed by atoms with Crippen molar-refractivity contribution in [2.45, 2.75) is 6.42 Å². The molecule has 1 aromatic heterocycles. The molecule has 68 valence electrons. The van der Waals surface area contributed by atoms with Crippen LogP contribution in [0, 0.1) is 0 Å². The van der Waals surface area contributed by atoms with Gasteiger partial charge >= 0.3 is 0 Å². The van der Waals surface area contributed by atoms with Crippen LogP contribution in [-0.2, 0) is 11.2 Å². The second-order valence-corrected chi connectivity index (χ2v) is 3.02. The molecule has 0 saturated carbocycles. The van der Waals surface area contributed by atoms with Crippen LogP contribution in [0.3, 0.4) is 0 Å². The first-order valence-corrected chi connectivity index (χ1v) is 4.44. The molecule has 0 N–H and O–H groups in total. The van der Waals surface area contributed by atoms with Crippen molar-refractivity contribution in [2.24, 2.45) is 0 Å². The number of hydrogen-bond donors (Lipinski definition) is 0. The molecule has 0 saturated heterocycles. The highest BCUT2D eigenvalue weighted by Gasteiger charge is 1.95. The zero-order valence-electron chi connectivity index (χ0n) is 7.60. The van der Waals surface area contributed by atoms with Gasteiger partial charge in [-0.25, -0.2) is 4.79 Å². The number of allylic oxidation sites excluding steroid dienone is 1. The van der Waals surface area contributed by atoms with Crippen molar-refractivity contribution >= 4 is 16.8 Å². The lowest BCUT2D eigenvalue weighted by atomic mass is 10.2. The molecule has 14 heavy (non-hydrogen) atoms. The molecule has 0 unspecified atom stereocenters. The van der Waals surface area contributed by atoms with E-state index in [0.717, 1.165) is 16.6 Å². The van der Waals surface area contributed by atoms with Crippen molar-refractivity contribution in [3.05, 3.63) is 48.2 Å². The molecule has 2 rings (SSSR count). The lowest BCUT2D eigenvalue weighted by Crippen LogP contribution is -1.87. The van der Waals surface area contributed by atoms with Crippen molar-refractivity contribution in [1.82, 2.24) is 4.98 Å². The molecule has 1 heterocycles. The Morgan fingerprint density at radius 2 is 2.07 bits per heavy atom. The van der Waals surface area contributed by atoms with Gasteiger partial charge in [-0.2, -0.15) is 0 Å². The third kappa shape index (κ3) is 1.70. The van der Waals surface area contributed by atoms with E-state index < -0.39 is 0 Å². The van der Waals surface area contributed by atoms with Crippen molar-refractivity contribution in [1.29, 1.82) is 0 Å². The molecule has 0 fully saturated rings. The van der Waals surface area contributed by atoms with Crippen molar-refractivity contribution < 1.29 is 4.79 Å². The zero-order chi connectivity index (χ0) is 9.80. The first-order chi connectivity index (χ1) is 6.90. The first-order valence-electron chi connectivity index (χ1n) is 4.44. The molecule has 0 aliphatic carbocycles. The number of fused-ring (bicyclic) bond motifs is 1. The van der Waals surface area contributed by atoms with Gasteiger partial charge in [-0.1, -0.05) is 24.3 Å². The monoisotopic (exact) mass is 183 g/mol. The maximum Gasteiger partial charge on any atom is 0.120 e. The number of para-hydroxylation sites is 1. The summed E-state index contributed by atoms with van der Waals surface area (Å²) in [5, 5.41) is 1.12. The van der Waals surface area contributed by atoms with Crippen LogP contribution in [-0.4, -0.2) is 10.9 Å². The molecule has 0 amide bonds. The number of hydrogen-bond acceptors (Lipinski definition) is 2. The summed E-state index contributed by atoms with van der Waals surface area (Å²) in [4.78, 5) is 14.4. The Morgan fingerprint density at radius 1 is 1.21 bits per heavy atom. The Kier molecular flexibility index (Phi) is 2.39. The first kappa shape index (κ1) is 8.67. The van der Waals surface area contributed by atoms with Gasteiger partial charge in [0.25, 0.3) is 0 Å². The van der Waals surface area contributed by atoms with E-state index in [1.165, 1.54) is 6.08 Å². The normalized spacial score (nSPS) is 9.71. The number of aromatic nitrogens is 1. The summed E-state index contributed by atoms with van der Waals surface area (Å²) in [6, 6.07) is 11.8. The Balaban J connectivity index is 2.45. The molecule has 0 bridgehead atoms. The van der Waals surface area contributed by atoms with Crippen LogP contribution in [0.15, 0.2) is 42.5 Å². The number of rotatable bonds is 2. The highest BCUT2D eigenvalue weighted by Crippen LogP contribution is 2.11. The van der Waals surface area contributed by atoms with Gasteiger partial charge in [0.2, 0.25) is 0 Å². The Labute approximate surface area is 81.9 Å². The number of pyridine rings is 1. The molecule has 0 atom stereocenters. The van der Waals surface area contributed by atoms with E-state index in [1.54, 1.807) is 5.94 Å². The molecular weight excluding hydrogens is 174 g/mol. The van der Waals surface area contributed by atoms with Crippen LogP contribution < -0.4 is 0 Å². The predicted molar refractivity (Wildman–Crippen MR) is 55.7 cm³/mol. The number of nitrogens with zero attached hydrogens (tertiary/aromatic N) is 1. The fourth-order valence-electron chi connectivity index (χ4n) is 1.37. The molecule has 0 radical (unpaired) electrons. The van der Waals surface area contributed by atoms with E-state index in [1.807, 2.05) is 36.4 Å². The summed E-state index contributed by atoms with van der Waals surface area (Å²) in [7, 11) is 0. The minimum atomic E-state index is 0.550. The third-order valence-electron chi connectivity index (χ3n) is 2.05. The van der Waals surface area contributed by atoms with Crippen LogP contribution in [0.1, 0.15) is 5.69 Å². The Hall–Kier alpha value is -1.92. The second kappa shape index (κ2) is 3.86. The zero-order valence-corrected chi connectivity index (χ0v) is 7.60. The predicted octanol–water partition coefficient (Wildman–Crippen LogP) is 2.17. The molecule has 1 aromatic carbocycles. The van der Waals surface area contributed by atoms with Crippen molar-refractivity contribution in [3.63, 3.8) is 0 Å². The molecule has 0 aliphatic rings. The quantitative estimate of drug-likeness (QED) is 0.668. The van der Waals surface area contributed by atoms with Gasteiger partial charge in [-0.15, -0.1) is 0 Å². The van der Waals surface area contributed by atoms with Crippen molar-refractivity contribution in [3.8, 4) is 0 Å². The summed E-state index contributed by atoms with van der Waals surface area (Å²) >= 11 is 0. The van der Waals surface area contributed by atoms with Gasteiger partial charge in [0, 0.05) is 23.6 Å². The fourth-order valence-corrected chi connectivity index (χ4v) is 1.37. The molecule has 2 nitrogen and oxygen atoms in total. The van der Waals surface area contributed by atoms with Crippen LogP contribution in [0.25, 0.3) is 10.9 Å². The van der Waals surface area contributed by atoms with Crippen LogP contribution >= 0.6 is 0 Å². The molecule has 0 spiro atoms. The van der Waals surface area contributed by atoms with E-state index in [-0.39, 0.29) is 0 Å². The SMILES string of the molecule is O=C=CCc1ccc2ccccc2n1.